The molecule has 1 heterocycles. The quantitative estimate of drug-likeness (QED) is 0.894. The maximum absolute atomic E-state index is 13.5. The lowest BCUT2D eigenvalue weighted by Crippen LogP contribution is -2.13. The van der Waals surface area contributed by atoms with Crippen LogP contribution in [-0.2, 0) is 23.7 Å². The highest BCUT2D eigenvalue weighted by atomic mass is 35.5. The Bertz CT molecular complexity index is 745. The minimum absolute atomic E-state index is 0.00164. The molecule has 0 saturated heterocycles. The number of anilines is 1. The predicted molar refractivity (Wildman–Crippen MR) is 71.3 cm³/mol. The Balaban J connectivity index is 2.41. The monoisotopic (exact) mass is 319 g/mol. The fourth-order valence-corrected chi connectivity index (χ4v) is 2.84. The van der Waals surface area contributed by atoms with E-state index in [9.17, 15) is 12.8 Å². The van der Waals surface area contributed by atoms with Gasteiger partial charge in [-0.2, -0.15) is 5.10 Å². The predicted octanol–water partition coefficient (Wildman–Crippen LogP) is 1.51. The normalized spacial score (nSPS) is 11.6. The zero-order chi connectivity index (χ0) is 14.9. The average molecular weight is 320 g/mol. The van der Waals surface area contributed by atoms with Crippen LogP contribution in [0.5, 0.6) is 0 Å². The van der Waals surface area contributed by atoms with E-state index in [1.165, 1.54) is 17.1 Å². The van der Waals surface area contributed by atoms with Crippen LogP contribution in [0, 0.1) is 5.82 Å². The fraction of sp³-hybridized carbons (Fsp3) is 0.182. The number of aromatic nitrogens is 2. The van der Waals surface area contributed by atoms with Crippen molar-refractivity contribution in [3.8, 4) is 0 Å². The molecule has 20 heavy (non-hydrogen) atoms. The molecule has 2 N–H and O–H groups in total. The Morgan fingerprint density at radius 3 is 2.75 bits per heavy atom. The summed E-state index contributed by atoms with van der Waals surface area (Å²) in [5.41, 5.74) is 0.242. The molecule has 2 aromatic rings. The third kappa shape index (κ3) is 2.92. The number of aryl methyl sites for hydroxylation is 1. The molecule has 0 aliphatic carbocycles. The number of rotatable bonds is 4. The Morgan fingerprint density at radius 2 is 2.20 bits per heavy atom. The van der Waals surface area contributed by atoms with Crippen LogP contribution >= 0.6 is 11.6 Å². The number of aliphatic hydroxyl groups excluding tert-OH is 1. The summed E-state index contributed by atoms with van der Waals surface area (Å²) in [6.45, 7) is -0.563. The van der Waals surface area contributed by atoms with Gasteiger partial charge in [-0.3, -0.25) is 9.40 Å². The van der Waals surface area contributed by atoms with Crippen LogP contribution in [-0.4, -0.2) is 23.3 Å². The maximum atomic E-state index is 13.5. The summed E-state index contributed by atoms with van der Waals surface area (Å²) in [6.07, 6.45) is 2.77. The molecule has 0 aliphatic rings. The van der Waals surface area contributed by atoms with Gasteiger partial charge in [-0.15, -0.1) is 0 Å². The minimum Gasteiger partial charge on any atom is -0.392 e. The lowest BCUT2D eigenvalue weighted by molar-refractivity contribution is 0.281. The number of aliphatic hydroxyl groups is 1. The Hall–Kier alpha value is -1.64. The summed E-state index contributed by atoms with van der Waals surface area (Å²) in [5.74, 6) is -0.912. The molecule has 0 fully saturated rings. The van der Waals surface area contributed by atoms with Gasteiger partial charge in [-0.05, 0) is 12.1 Å². The van der Waals surface area contributed by atoms with Crippen molar-refractivity contribution in [2.24, 2.45) is 7.05 Å². The second-order valence-corrected chi connectivity index (χ2v) is 6.10. The van der Waals surface area contributed by atoms with Crippen LogP contribution < -0.4 is 4.72 Å². The highest BCUT2D eigenvalue weighted by molar-refractivity contribution is 7.92. The van der Waals surface area contributed by atoms with E-state index in [1.807, 2.05) is 0 Å². The van der Waals surface area contributed by atoms with E-state index < -0.39 is 22.4 Å². The van der Waals surface area contributed by atoms with Gasteiger partial charge in [0, 0.05) is 18.8 Å². The highest BCUT2D eigenvalue weighted by Gasteiger charge is 2.19. The van der Waals surface area contributed by atoms with Gasteiger partial charge in [0.25, 0.3) is 10.0 Å². The van der Waals surface area contributed by atoms with Crippen LogP contribution in [0.15, 0.2) is 29.4 Å². The molecule has 9 heteroatoms. The van der Waals surface area contributed by atoms with Gasteiger partial charge in [0.15, 0.2) is 0 Å². The molecule has 1 aromatic carbocycles. The van der Waals surface area contributed by atoms with Crippen molar-refractivity contribution in [1.29, 1.82) is 0 Å². The first kappa shape index (κ1) is 14.8. The lowest BCUT2D eigenvalue weighted by atomic mass is 10.2. The maximum Gasteiger partial charge on any atom is 0.262 e. The average Bonchev–Trinajstić information content (AvgIpc) is 2.77. The zero-order valence-electron chi connectivity index (χ0n) is 10.3. The third-order valence-corrected chi connectivity index (χ3v) is 4.30. The Morgan fingerprint density at radius 1 is 1.50 bits per heavy atom. The van der Waals surface area contributed by atoms with Crippen molar-refractivity contribution >= 4 is 27.3 Å². The van der Waals surface area contributed by atoms with Crippen molar-refractivity contribution in [3.05, 3.63) is 40.9 Å². The molecule has 0 radical (unpaired) electrons. The number of nitrogens with one attached hydrogen (secondary N) is 1. The smallest absolute Gasteiger partial charge is 0.262 e. The number of nitrogens with zero attached hydrogens (tertiary/aromatic N) is 2. The van der Waals surface area contributed by atoms with Crippen molar-refractivity contribution in [3.63, 3.8) is 0 Å². The lowest BCUT2D eigenvalue weighted by Gasteiger charge is -2.09. The SMILES string of the molecule is Cn1cc(NS(=O)(=O)c2cc(F)c(Cl)c(CO)c2)cn1. The molecule has 6 nitrogen and oxygen atoms in total. The van der Waals surface area contributed by atoms with Crippen LogP contribution in [0.25, 0.3) is 0 Å². The summed E-state index contributed by atoms with van der Waals surface area (Å²) < 4.78 is 41.4. The summed E-state index contributed by atoms with van der Waals surface area (Å²) in [5, 5.41) is 12.6. The highest BCUT2D eigenvalue weighted by Crippen LogP contribution is 2.25. The van der Waals surface area contributed by atoms with Gasteiger partial charge in [-0.25, -0.2) is 12.8 Å². The van der Waals surface area contributed by atoms with E-state index in [0.717, 1.165) is 12.1 Å². The number of halogens is 2. The van der Waals surface area contributed by atoms with Gasteiger partial charge >= 0.3 is 0 Å². The molecule has 0 atom stereocenters. The summed E-state index contributed by atoms with van der Waals surface area (Å²) in [4.78, 5) is -0.327. The van der Waals surface area contributed by atoms with Gasteiger partial charge in [0.1, 0.15) is 5.82 Å². The number of benzene rings is 1. The van der Waals surface area contributed by atoms with Crippen LogP contribution in [0.2, 0.25) is 5.02 Å². The molecule has 1 aromatic heterocycles. The molecule has 0 aliphatic heterocycles. The number of hydrogen-bond acceptors (Lipinski definition) is 4. The van der Waals surface area contributed by atoms with Crippen LogP contribution in [0.1, 0.15) is 5.56 Å². The van der Waals surface area contributed by atoms with Crippen molar-refractivity contribution in [2.75, 3.05) is 4.72 Å². The molecular weight excluding hydrogens is 309 g/mol. The molecule has 0 unspecified atom stereocenters. The standard InChI is InChI=1S/C11H11ClFN3O3S/c1-16-5-8(4-14-16)15-20(18,19)9-2-7(6-17)11(12)10(13)3-9/h2-5,15,17H,6H2,1H3. The second kappa shape index (κ2) is 5.39. The number of sulfonamides is 1. The third-order valence-electron chi connectivity index (χ3n) is 2.51. The molecule has 0 saturated carbocycles. The Labute approximate surface area is 119 Å². The second-order valence-electron chi connectivity index (χ2n) is 4.04. The van der Waals surface area contributed by atoms with E-state index >= 15 is 0 Å². The Kier molecular flexibility index (Phi) is 3.98. The zero-order valence-corrected chi connectivity index (χ0v) is 11.9. The molecule has 108 valence electrons. The van der Waals surface area contributed by atoms with Crippen LogP contribution in [0.4, 0.5) is 10.1 Å². The summed E-state index contributed by atoms with van der Waals surface area (Å²) >= 11 is 5.62. The molecule has 0 spiro atoms. The van der Waals surface area contributed by atoms with Crippen molar-refractivity contribution in [2.45, 2.75) is 11.5 Å². The van der Waals surface area contributed by atoms with Gasteiger partial charge in [0.2, 0.25) is 0 Å². The van der Waals surface area contributed by atoms with Gasteiger partial charge in [-0.1, -0.05) is 11.6 Å². The van der Waals surface area contributed by atoms with Gasteiger partial charge < -0.3 is 5.11 Å². The van der Waals surface area contributed by atoms with E-state index in [4.69, 9.17) is 16.7 Å². The van der Waals surface area contributed by atoms with Crippen molar-refractivity contribution in [1.82, 2.24) is 9.78 Å². The molecule has 0 amide bonds. The first-order chi connectivity index (χ1) is 9.33. The minimum atomic E-state index is -3.98. The fourth-order valence-electron chi connectivity index (χ4n) is 1.58. The topological polar surface area (TPSA) is 84.2 Å². The van der Waals surface area contributed by atoms with E-state index in [1.54, 1.807) is 7.05 Å². The van der Waals surface area contributed by atoms with Crippen LogP contribution in [0.3, 0.4) is 0 Å². The summed E-state index contributed by atoms with van der Waals surface area (Å²) in [7, 11) is -2.36. The van der Waals surface area contributed by atoms with E-state index in [2.05, 4.69) is 9.82 Å². The first-order valence-electron chi connectivity index (χ1n) is 5.43. The number of hydrogen-bond donors (Lipinski definition) is 2. The molecule has 2 rings (SSSR count). The van der Waals surface area contributed by atoms with E-state index in [-0.39, 0.29) is 21.2 Å². The molecular formula is C11H11ClFN3O3S. The van der Waals surface area contributed by atoms with E-state index in [0.29, 0.717) is 0 Å². The van der Waals surface area contributed by atoms with Gasteiger partial charge in [0.05, 0.1) is 28.4 Å². The molecule has 0 bridgehead atoms. The van der Waals surface area contributed by atoms with Crippen molar-refractivity contribution < 1.29 is 17.9 Å². The first-order valence-corrected chi connectivity index (χ1v) is 7.30. The largest absolute Gasteiger partial charge is 0.392 e. The summed E-state index contributed by atoms with van der Waals surface area (Å²) in [6, 6.07) is 1.91.